The number of carbonyl (C=O) groups is 2. The lowest BCUT2D eigenvalue weighted by Crippen LogP contribution is -2.46. The van der Waals surface area contributed by atoms with E-state index >= 15 is 0 Å². The second-order valence-corrected chi connectivity index (χ2v) is 9.66. The van der Waals surface area contributed by atoms with Crippen molar-refractivity contribution in [3.63, 3.8) is 0 Å². The van der Waals surface area contributed by atoms with Crippen molar-refractivity contribution >= 4 is 28.5 Å². The van der Waals surface area contributed by atoms with E-state index in [1.165, 1.54) is 24.1 Å². The number of H-pyrrole nitrogens is 1. The summed E-state index contributed by atoms with van der Waals surface area (Å²) in [6, 6.07) is 18.9. The second-order valence-electron chi connectivity index (χ2n) is 9.66. The molecule has 3 aromatic carbocycles. The number of carbonyl (C=O) groups excluding carboxylic acids is 2. The molecule has 0 aliphatic heterocycles. The zero-order chi connectivity index (χ0) is 30.1. The van der Waals surface area contributed by atoms with Crippen LogP contribution in [0.25, 0.3) is 10.9 Å². The van der Waals surface area contributed by atoms with Crippen LogP contribution in [-0.2, 0) is 28.7 Å². The number of nitrogens with one attached hydrogen (secondary N) is 2. The number of urea groups is 1. The van der Waals surface area contributed by atoms with Gasteiger partial charge >= 0.3 is 12.2 Å². The zero-order valence-electron chi connectivity index (χ0n) is 23.4. The summed E-state index contributed by atoms with van der Waals surface area (Å²) in [6.45, 7) is 0.463. The Kier molecular flexibility index (Phi) is 10.1. The molecule has 0 aliphatic rings. The molecule has 3 amide bonds. The number of benzene rings is 3. The van der Waals surface area contributed by atoms with E-state index in [4.69, 9.17) is 9.47 Å². The largest absolute Gasteiger partial charge is 0.496 e. The van der Waals surface area contributed by atoms with Gasteiger partial charge in [0.15, 0.2) is 0 Å². The molecule has 8 nitrogen and oxygen atoms in total. The first-order valence-corrected chi connectivity index (χ1v) is 13.4. The van der Waals surface area contributed by atoms with Gasteiger partial charge < -0.3 is 29.6 Å². The van der Waals surface area contributed by atoms with Crippen LogP contribution in [0.4, 0.5) is 23.7 Å². The minimum Gasteiger partial charge on any atom is -0.496 e. The van der Waals surface area contributed by atoms with Crippen molar-refractivity contribution in [1.29, 1.82) is 0 Å². The monoisotopic (exact) mass is 582 g/mol. The van der Waals surface area contributed by atoms with Gasteiger partial charge in [0.05, 0.1) is 19.3 Å². The highest BCUT2D eigenvalue weighted by molar-refractivity contribution is 5.92. The van der Waals surface area contributed by atoms with Gasteiger partial charge in [0.1, 0.15) is 12.3 Å². The Morgan fingerprint density at radius 1 is 0.905 bits per heavy atom. The predicted octanol–water partition coefficient (Wildman–Crippen LogP) is 5.95. The molecule has 2 N–H and O–H groups in total. The molecule has 0 radical (unpaired) electrons. The first kappa shape index (κ1) is 30.4. The Morgan fingerprint density at radius 2 is 1.67 bits per heavy atom. The average Bonchev–Trinajstić information content (AvgIpc) is 3.40. The van der Waals surface area contributed by atoms with E-state index < -0.39 is 17.8 Å². The predicted molar refractivity (Wildman–Crippen MR) is 154 cm³/mol. The summed E-state index contributed by atoms with van der Waals surface area (Å²) >= 11 is 0. The third-order valence-corrected chi connectivity index (χ3v) is 6.85. The molecule has 0 aliphatic carbocycles. The summed E-state index contributed by atoms with van der Waals surface area (Å²) in [5.74, 6) is 0.289. The number of alkyl halides is 3. The lowest BCUT2D eigenvalue weighted by atomic mass is 10.1. The molecule has 0 fully saturated rings. The van der Waals surface area contributed by atoms with Crippen LogP contribution in [0.1, 0.15) is 16.7 Å². The molecular formula is C31H33F3N4O4. The number of anilines is 1. The maximum absolute atomic E-state index is 13.8. The van der Waals surface area contributed by atoms with Crippen LogP contribution in [-0.4, -0.2) is 67.2 Å². The molecule has 4 rings (SSSR count). The van der Waals surface area contributed by atoms with E-state index in [1.807, 2.05) is 54.7 Å². The second kappa shape index (κ2) is 13.9. The number of hydrogen-bond acceptors (Lipinski definition) is 4. The zero-order valence-corrected chi connectivity index (χ0v) is 23.4. The fourth-order valence-electron chi connectivity index (χ4n) is 4.62. The number of aromatic nitrogens is 1. The van der Waals surface area contributed by atoms with Crippen LogP contribution in [0, 0.1) is 0 Å². The number of amides is 3. The van der Waals surface area contributed by atoms with E-state index in [0.717, 1.165) is 34.2 Å². The molecule has 1 heterocycles. The summed E-state index contributed by atoms with van der Waals surface area (Å²) in [7, 11) is 3.02. The highest BCUT2D eigenvalue weighted by atomic mass is 19.4. The Labute approximate surface area is 242 Å². The van der Waals surface area contributed by atoms with Crippen LogP contribution in [0.15, 0.2) is 79.0 Å². The lowest BCUT2D eigenvalue weighted by molar-refractivity contribution is -0.137. The maximum atomic E-state index is 13.8. The summed E-state index contributed by atoms with van der Waals surface area (Å²) < 4.78 is 50.2. The number of ether oxygens (including phenoxy) is 2. The summed E-state index contributed by atoms with van der Waals surface area (Å²) in [5.41, 5.74) is 1.91. The van der Waals surface area contributed by atoms with Gasteiger partial charge in [-0.2, -0.15) is 13.2 Å². The van der Waals surface area contributed by atoms with Crippen molar-refractivity contribution in [3.05, 3.63) is 95.7 Å². The Balaban J connectivity index is 1.54. The van der Waals surface area contributed by atoms with Gasteiger partial charge in [-0.05, 0) is 42.3 Å². The molecule has 1 aromatic heterocycles. The maximum Gasteiger partial charge on any atom is 0.416 e. The molecule has 0 saturated heterocycles. The Morgan fingerprint density at radius 3 is 2.43 bits per heavy atom. The van der Waals surface area contributed by atoms with Crippen molar-refractivity contribution < 1.29 is 32.2 Å². The van der Waals surface area contributed by atoms with Crippen molar-refractivity contribution in [2.45, 2.75) is 19.1 Å². The molecule has 42 heavy (non-hydrogen) atoms. The van der Waals surface area contributed by atoms with E-state index in [0.29, 0.717) is 18.7 Å². The number of aromatic amines is 1. The molecular weight excluding hydrogens is 549 g/mol. The fraction of sp³-hybridized carbons (Fsp3) is 0.290. The summed E-state index contributed by atoms with van der Waals surface area (Å²) in [4.78, 5) is 33.0. The van der Waals surface area contributed by atoms with Crippen LogP contribution in [0.3, 0.4) is 0 Å². The van der Waals surface area contributed by atoms with E-state index in [1.54, 1.807) is 12.0 Å². The molecule has 0 unspecified atom stereocenters. The van der Waals surface area contributed by atoms with Gasteiger partial charge in [-0.3, -0.25) is 4.79 Å². The van der Waals surface area contributed by atoms with Gasteiger partial charge in [-0.25, -0.2) is 4.79 Å². The number of methoxy groups -OCH3 is 2. The molecule has 4 aromatic rings. The summed E-state index contributed by atoms with van der Waals surface area (Å²) in [6.07, 6.45) is -2.08. The fourth-order valence-corrected chi connectivity index (χ4v) is 4.62. The number of halogens is 3. The van der Waals surface area contributed by atoms with Crippen LogP contribution in [0.2, 0.25) is 0 Å². The van der Waals surface area contributed by atoms with E-state index in [2.05, 4.69) is 10.3 Å². The standard InChI is InChI=1S/C31H33F3N4O4/c1-41-17-16-38(30(40)36-25-10-7-9-24(18-25)31(32,33)34)21-29(39)37(20-23-8-3-6-13-28(23)42-2)15-14-22-19-35-27-12-5-4-11-26(22)27/h3-13,18-19,35H,14-17,20-21H2,1-2H3,(H,36,40). The van der Waals surface area contributed by atoms with Gasteiger partial charge in [0.25, 0.3) is 0 Å². The van der Waals surface area contributed by atoms with E-state index in [-0.39, 0.29) is 37.8 Å². The molecule has 0 spiro atoms. The summed E-state index contributed by atoms with van der Waals surface area (Å²) in [5, 5.41) is 3.55. The van der Waals surface area contributed by atoms with Gasteiger partial charge in [-0.15, -0.1) is 0 Å². The highest BCUT2D eigenvalue weighted by Gasteiger charge is 2.31. The van der Waals surface area contributed by atoms with Gasteiger partial charge in [-0.1, -0.05) is 42.5 Å². The molecule has 0 bridgehead atoms. The topological polar surface area (TPSA) is 86.9 Å². The molecule has 0 atom stereocenters. The third-order valence-electron chi connectivity index (χ3n) is 6.85. The normalized spacial score (nSPS) is 11.4. The average molecular weight is 583 g/mol. The highest BCUT2D eigenvalue weighted by Crippen LogP contribution is 2.30. The minimum absolute atomic E-state index is 0.0325. The quantitative estimate of drug-likeness (QED) is 0.216. The van der Waals surface area contributed by atoms with Crippen LogP contribution >= 0.6 is 0 Å². The number of nitrogens with zero attached hydrogens (tertiary/aromatic N) is 2. The number of fused-ring (bicyclic) bond motifs is 1. The number of hydrogen-bond donors (Lipinski definition) is 2. The minimum atomic E-state index is -4.56. The lowest BCUT2D eigenvalue weighted by Gasteiger charge is -2.28. The number of para-hydroxylation sites is 2. The van der Waals surface area contributed by atoms with Crippen molar-refractivity contribution in [2.75, 3.05) is 45.8 Å². The van der Waals surface area contributed by atoms with Crippen molar-refractivity contribution in [3.8, 4) is 5.75 Å². The SMILES string of the molecule is COCCN(CC(=O)N(CCc1c[nH]c2ccccc12)Cc1ccccc1OC)C(=O)Nc1cccc(C(F)(F)F)c1. The Bertz CT molecular complexity index is 1500. The molecule has 0 saturated carbocycles. The van der Waals surface area contributed by atoms with Gasteiger partial charge in [0, 0.05) is 55.1 Å². The van der Waals surface area contributed by atoms with Gasteiger partial charge in [0.2, 0.25) is 5.91 Å². The van der Waals surface area contributed by atoms with Crippen molar-refractivity contribution in [1.82, 2.24) is 14.8 Å². The number of rotatable bonds is 12. The van der Waals surface area contributed by atoms with E-state index in [9.17, 15) is 22.8 Å². The van der Waals surface area contributed by atoms with Crippen LogP contribution < -0.4 is 10.1 Å². The first-order valence-electron chi connectivity index (χ1n) is 13.4. The third kappa shape index (κ3) is 7.82. The molecule has 11 heteroatoms. The Hall–Kier alpha value is -4.51. The first-order chi connectivity index (χ1) is 20.2. The van der Waals surface area contributed by atoms with Crippen LogP contribution in [0.5, 0.6) is 5.75 Å². The molecule has 222 valence electrons. The smallest absolute Gasteiger partial charge is 0.416 e. The van der Waals surface area contributed by atoms with Crippen molar-refractivity contribution in [2.24, 2.45) is 0 Å².